The van der Waals surface area contributed by atoms with Gasteiger partial charge in [0.1, 0.15) is 23.5 Å². The monoisotopic (exact) mass is 760 g/mol. The van der Waals surface area contributed by atoms with E-state index >= 15 is 0 Å². The molecule has 52 heavy (non-hydrogen) atoms. The lowest BCUT2D eigenvalue weighted by molar-refractivity contribution is -0.111. The van der Waals surface area contributed by atoms with Crippen LogP contribution in [0.3, 0.4) is 0 Å². The van der Waals surface area contributed by atoms with Gasteiger partial charge < -0.3 is 24.6 Å². The highest BCUT2D eigenvalue weighted by molar-refractivity contribution is 7.89. The zero-order chi connectivity index (χ0) is 40.1. The van der Waals surface area contributed by atoms with Gasteiger partial charge in [-0.2, -0.15) is 20.5 Å². The van der Waals surface area contributed by atoms with Gasteiger partial charge in [0, 0.05) is 58.9 Å². The molecule has 15 nitrogen and oxygen atoms in total. The van der Waals surface area contributed by atoms with Gasteiger partial charge in [-0.25, -0.2) is 22.6 Å². The minimum Gasteiger partial charge on any atom is -0.393 e. The van der Waals surface area contributed by atoms with Crippen molar-refractivity contribution in [1.82, 2.24) is 18.9 Å². The number of sulfonamides is 1. The Morgan fingerprint density at radius 3 is 2.31 bits per heavy atom. The van der Waals surface area contributed by atoms with E-state index in [-0.39, 0.29) is 36.6 Å². The highest BCUT2D eigenvalue weighted by Crippen LogP contribution is 2.50. The molecule has 0 radical (unpaired) electrons. The van der Waals surface area contributed by atoms with Crippen LogP contribution in [0.2, 0.25) is 0 Å². The summed E-state index contributed by atoms with van der Waals surface area (Å²) >= 11 is 0. The van der Waals surface area contributed by atoms with Crippen molar-refractivity contribution in [2.24, 2.45) is 10.2 Å². The Morgan fingerprint density at radius 2 is 1.77 bits per heavy atom. The molecular formula is C35H52N9O6PS. The fourth-order valence-electron chi connectivity index (χ4n) is 5.53. The van der Waals surface area contributed by atoms with Crippen LogP contribution in [0.1, 0.15) is 62.5 Å². The van der Waals surface area contributed by atoms with Gasteiger partial charge in [-0.15, -0.1) is 0 Å². The summed E-state index contributed by atoms with van der Waals surface area (Å²) in [7, 11) is -0.241. The second-order valence-electron chi connectivity index (χ2n) is 13.1. The van der Waals surface area contributed by atoms with Gasteiger partial charge in [-0.1, -0.05) is 7.40 Å². The fourth-order valence-corrected chi connectivity index (χ4v) is 8.26. The third kappa shape index (κ3) is 10.9. The molecule has 1 fully saturated rings. The Bertz CT molecular complexity index is 1850. The van der Waals surface area contributed by atoms with Gasteiger partial charge in [-0.3, -0.25) is 4.57 Å². The van der Waals surface area contributed by atoms with Crippen molar-refractivity contribution in [2.75, 3.05) is 44.0 Å². The second-order valence-corrected chi connectivity index (χ2v) is 16.3. The summed E-state index contributed by atoms with van der Waals surface area (Å²) in [6, 6.07) is 15.5. The van der Waals surface area contributed by atoms with Crippen LogP contribution in [-0.2, 0) is 19.3 Å². The Labute approximate surface area is 311 Å². The summed E-state index contributed by atoms with van der Waals surface area (Å²) in [6.45, 7) is 10.1. The number of nitriles is 1. The lowest BCUT2D eigenvalue weighted by atomic mass is 10.0. The van der Waals surface area contributed by atoms with Crippen LogP contribution >= 0.6 is 8.30 Å². The highest BCUT2D eigenvalue weighted by atomic mass is 32.2. The number of azo groups is 1. The molecule has 0 bridgehead atoms. The van der Waals surface area contributed by atoms with Crippen LogP contribution in [-0.4, -0.2) is 86.8 Å². The molecule has 4 unspecified atom stereocenters. The predicted molar refractivity (Wildman–Crippen MR) is 205 cm³/mol. The molecule has 4 atom stereocenters. The van der Waals surface area contributed by atoms with Crippen molar-refractivity contribution < 1.29 is 24.2 Å². The van der Waals surface area contributed by atoms with Gasteiger partial charge in [0.25, 0.3) is 0 Å². The molecule has 2 heterocycles. The number of benzene rings is 2. The predicted octanol–water partition coefficient (Wildman–Crippen LogP) is 6.11. The first-order valence-electron chi connectivity index (χ1n) is 18.1. The van der Waals surface area contributed by atoms with Crippen molar-refractivity contribution >= 4 is 41.2 Å². The Balaban J connectivity index is 0.00000385. The number of ether oxygens (including phenoxy) is 1. The molecule has 3 aromatic rings. The summed E-state index contributed by atoms with van der Waals surface area (Å²) in [5.41, 5.74) is 0.597. The maximum Gasteiger partial charge on any atom is 0.351 e. The number of hydrogen-bond acceptors (Lipinski definition) is 13. The van der Waals surface area contributed by atoms with E-state index in [2.05, 4.69) is 31.1 Å². The van der Waals surface area contributed by atoms with Crippen molar-refractivity contribution in [3.63, 3.8) is 0 Å². The smallest absolute Gasteiger partial charge is 0.351 e. The van der Waals surface area contributed by atoms with E-state index in [0.717, 1.165) is 5.69 Å². The lowest BCUT2D eigenvalue weighted by Crippen LogP contribution is -2.42. The van der Waals surface area contributed by atoms with Gasteiger partial charge >= 0.3 is 5.69 Å². The molecule has 3 N–H and O–H groups in total. The number of aromatic nitrogens is 2. The molecule has 0 spiro atoms. The molecule has 4 rings (SSSR count). The SMILES string of the molecule is [2H]C.[3H]OCC1(C)OC(n2ccc(NCCCNS(=O)(=O)c3ccc(N=Nc4ccc(N(C)C)cc4)cc3)nc2=O)CC1OP(C#N)N(C(C)C)C(C)C. The van der Waals surface area contributed by atoms with Gasteiger partial charge in [0.15, 0.2) is 0 Å². The normalized spacial score (nSPS) is 20.0. The average molecular weight is 761 g/mol. The largest absolute Gasteiger partial charge is 0.393 e. The van der Waals surface area contributed by atoms with E-state index in [4.69, 9.17) is 17.2 Å². The maximum absolute atomic E-state index is 13.1. The van der Waals surface area contributed by atoms with Crippen LogP contribution in [0.25, 0.3) is 0 Å². The zero-order valence-electron chi connectivity index (χ0n) is 33.1. The molecule has 17 heteroatoms. The molecule has 0 amide bonds. The second kappa shape index (κ2) is 18.8. The van der Waals surface area contributed by atoms with E-state index < -0.39 is 41.9 Å². The number of anilines is 2. The quantitative estimate of drug-likeness (QED) is 0.0772. The first kappa shape index (κ1) is 39.4. The standard InChI is InChI=1S/C34H48N9O6PS.CH4/c1-24(2)43(25(3)4)50(23-35)49-30-21-32(48-34(30,5)22-44)42-20-17-31(38-33(42)45)36-18-8-19-37-51(46,47)29-15-11-27(12-16-29)40-39-26-9-13-28(14-10-26)41(6)7;/h9-17,20,24-25,30,32,37,44H,8,18-19,21-22H2,1-7H3,(H,36,38,45);1H4/i44T;1D. The van der Waals surface area contributed by atoms with Crippen LogP contribution in [0.5, 0.6) is 0 Å². The van der Waals surface area contributed by atoms with Crippen molar-refractivity contribution in [2.45, 2.75) is 89.8 Å². The number of aliphatic hydroxyl groups excluding tert-OH is 1. The van der Waals surface area contributed by atoms with Crippen LogP contribution in [0, 0.1) is 11.1 Å². The van der Waals surface area contributed by atoms with Crippen LogP contribution < -0.4 is 20.6 Å². The zero-order valence-corrected chi connectivity index (χ0v) is 32.8. The summed E-state index contributed by atoms with van der Waals surface area (Å²) in [6.07, 6.45) is 0.846. The third-order valence-corrected chi connectivity index (χ3v) is 11.7. The maximum atomic E-state index is 13.1. The molecule has 1 aliphatic heterocycles. The number of hydrogen-bond donors (Lipinski definition) is 3. The first-order chi connectivity index (χ1) is 25.7. The highest BCUT2D eigenvalue weighted by Gasteiger charge is 2.49. The molecule has 1 aliphatic rings. The Kier molecular flexibility index (Phi) is 14.2. The summed E-state index contributed by atoms with van der Waals surface area (Å²) < 4.78 is 57.3. The molecule has 2 aromatic carbocycles. The molecule has 0 saturated carbocycles. The molecular weight excluding hydrogens is 705 g/mol. The van der Waals surface area contributed by atoms with E-state index in [1.165, 1.54) is 24.1 Å². The summed E-state index contributed by atoms with van der Waals surface area (Å²) in [4.78, 5) is 19.3. The fraction of sp³-hybridized carbons (Fsp3) is 0.514. The number of rotatable bonds is 18. The number of aliphatic hydroxyl groups is 1. The summed E-state index contributed by atoms with van der Waals surface area (Å²) in [5, 5.41) is 26.1. The molecule has 1 saturated heterocycles. The molecule has 0 aliphatic carbocycles. The minimum atomic E-state index is -3.75. The van der Waals surface area contributed by atoms with Crippen molar-refractivity contribution in [3.8, 4) is 5.81 Å². The van der Waals surface area contributed by atoms with Gasteiger partial charge in [0.2, 0.25) is 19.8 Å². The van der Waals surface area contributed by atoms with E-state index in [0.29, 0.717) is 30.2 Å². The van der Waals surface area contributed by atoms with E-state index in [1.807, 2.05) is 75.6 Å². The summed E-state index contributed by atoms with van der Waals surface area (Å²) in [5.74, 6) is 2.62. The van der Waals surface area contributed by atoms with Gasteiger partial charge in [0.05, 0.1) is 29.0 Å². The topological polar surface area (TPSA) is 187 Å². The number of nitrogens with one attached hydrogen (secondary N) is 2. The van der Waals surface area contributed by atoms with Crippen LogP contribution in [0.4, 0.5) is 22.9 Å². The van der Waals surface area contributed by atoms with Crippen molar-refractivity contribution in [1.29, 1.82) is 6.69 Å². The van der Waals surface area contributed by atoms with Crippen molar-refractivity contribution in [3.05, 3.63) is 71.3 Å². The van der Waals surface area contributed by atoms with Crippen LogP contribution in [0.15, 0.2) is 80.7 Å². The van der Waals surface area contributed by atoms with E-state index in [1.54, 1.807) is 31.3 Å². The first-order valence-corrected chi connectivity index (χ1v) is 19.4. The molecule has 284 valence electrons. The minimum absolute atomic E-state index is 0.0639. The lowest BCUT2D eigenvalue weighted by Gasteiger charge is -2.36. The van der Waals surface area contributed by atoms with Gasteiger partial charge in [-0.05, 0) is 95.6 Å². The molecule has 1 aromatic heterocycles. The average Bonchev–Trinajstić information content (AvgIpc) is 3.45. The Morgan fingerprint density at radius 1 is 1.15 bits per heavy atom. The Hall–Kier alpha value is -3.81. The van der Waals surface area contributed by atoms with E-state index in [9.17, 15) is 18.5 Å². The number of nitrogens with zero attached hydrogens (tertiary/aromatic N) is 7. The third-order valence-electron chi connectivity index (χ3n) is 8.26.